The van der Waals surface area contributed by atoms with Crippen molar-refractivity contribution in [2.75, 3.05) is 20.2 Å². The summed E-state index contributed by atoms with van der Waals surface area (Å²) in [7, 11) is -2.69. The Balaban J connectivity index is 2.64. The first-order chi connectivity index (χ1) is 6.95. The average Bonchev–Trinajstić information content (AvgIpc) is 2.17. The number of hydrogen-bond acceptors (Lipinski definition) is 5. The zero-order valence-electron chi connectivity index (χ0n) is 8.47. The van der Waals surface area contributed by atoms with Gasteiger partial charge in [0.2, 0.25) is 0 Å². The van der Waals surface area contributed by atoms with E-state index in [4.69, 9.17) is 5.73 Å². The summed E-state index contributed by atoms with van der Waals surface area (Å²) < 4.78 is 30.3. The van der Waals surface area contributed by atoms with Crippen molar-refractivity contribution in [2.45, 2.75) is 18.9 Å². The van der Waals surface area contributed by atoms with Crippen molar-refractivity contribution in [3.8, 4) is 0 Å². The fourth-order valence-corrected chi connectivity index (χ4v) is 2.58. The molecule has 0 radical (unpaired) electrons. The molecule has 0 spiro atoms. The molecule has 1 rings (SSSR count). The molecular formula is C7H15N3O4S. The Bertz CT molecular complexity index is 329. The maximum absolute atomic E-state index is 11.6. The van der Waals surface area contributed by atoms with Gasteiger partial charge in [-0.1, -0.05) is 0 Å². The third-order valence-electron chi connectivity index (χ3n) is 2.16. The van der Waals surface area contributed by atoms with Gasteiger partial charge in [-0.05, 0) is 12.8 Å². The standard InChI is InChI=1S/C7H15N3O4S/c1-14-7(11)9-15(12,13)10-4-2-3-6(8)5-10/h6H,2-5,8H2,1H3,(H,9,11)/t6-/m1/s1. The summed E-state index contributed by atoms with van der Waals surface area (Å²) in [5.41, 5.74) is 5.64. The molecular weight excluding hydrogens is 222 g/mol. The number of carbonyl (C=O) groups is 1. The van der Waals surface area contributed by atoms with Gasteiger partial charge in [-0.25, -0.2) is 9.52 Å². The molecule has 1 aliphatic rings. The van der Waals surface area contributed by atoms with Crippen LogP contribution in [0.25, 0.3) is 0 Å². The third kappa shape index (κ3) is 3.33. The van der Waals surface area contributed by atoms with E-state index in [2.05, 4.69) is 4.74 Å². The highest BCUT2D eigenvalue weighted by atomic mass is 32.2. The first-order valence-electron chi connectivity index (χ1n) is 4.57. The average molecular weight is 237 g/mol. The molecule has 0 aromatic carbocycles. The SMILES string of the molecule is COC(=O)NS(=O)(=O)N1CCC[C@@H](N)C1. The van der Waals surface area contributed by atoms with Crippen LogP contribution < -0.4 is 10.5 Å². The van der Waals surface area contributed by atoms with Crippen molar-refractivity contribution < 1.29 is 17.9 Å². The Morgan fingerprint density at radius 3 is 2.80 bits per heavy atom. The van der Waals surface area contributed by atoms with Gasteiger partial charge < -0.3 is 10.5 Å². The Kier molecular flexibility index (Phi) is 3.89. The van der Waals surface area contributed by atoms with Crippen LogP contribution in [0.5, 0.6) is 0 Å². The number of hydrogen-bond donors (Lipinski definition) is 2. The van der Waals surface area contributed by atoms with E-state index in [0.29, 0.717) is 13.0 Å². The van der Waals surface area contributed by atoms with Crippen LogP contribution >= 0.6 is 0 Å². The van der Waals surface area contributed by atoms with Gasteiger partial charge >= 0.3 is 16.3 Å². The zero-order valence-corrected chi connectivity index (χ0v) is 9.29. The summed E-state index contributed by atoms with van der Waals surface area (Å²) in [5, 5.41) is 0. The molecule has 0 aliphatic carbocycles. The van der Waals surface area contributed by atoms with Crippen molar-refractivity contribution in [2.24, 2.45) is 5.73 Å². The lowest BCUT2D eigenvalue weighted by molar-refractivity contribution is 0.176. The van der Waals surface area contributed by atoms with Crippen LogP contribution in [0.4, 0.5) is 4.79 Å². The molecule has 0 aromatic heterocycles. The van der Waals surface area contributed by atoms with Crippen molar-refractivity contribution >= 4 is 16.3 Å². The predicted molar refractivity (Wildman–Crippen MR) is 53.2 cm³/mol. The van der Waals surface area contributed by atoms with E-state index in [-0.39, 0.29) is 12.6 Å². The van der Waals surface area contributed by atoms with Gasteiger partial charge in [-0.2, -0.15) is 12.7 Å². The van der Waals surface area contributed by atoms with E-state index < -0.39 is 16.3 Å². The summed E-state index contributed by atoms with van der Waals surface area (Å²) in [6.45, 7) is 0.604. The molecule has 1 atom stereocenters. The van der Waals surface area contributed by atoms with E-state index in [1.807, 2.05) is 0 Å². The molecule has 0 unspecified atom stereocenters. The maximum Gasteiger partial charge on any atom is 0.421 e. The van der Waals surface area contributed by atoms with Crippen LogP contribution in [0.3, 0.4) is 0 Å². The van der Waals surface area contributed by atoms with Gasteiger partial charge in [-0.3, -0.25) is 0 Å². The summed E-state index contributed by atoms with van der Waals surface area (Å²) in [6, 6.07) is -0.173. The lowest BCUT2D eigenvalue weighted by atomic mass is 10.1. The molecule has 0 aromatic rings. The second-order valence-electron chi connectivity index (χ2n) is 3.36. The lowest BCUT2D eigenvalue weighted by Crippen LogP contribution is -2.51. The van der Waals surface area contributed by atoms with Crippen LogP contribution in [0.2, 0.25) is 0 Å². The quantitative estimate of drug-likeness (QED) is 0.642. The second kappa shape index (κ2) is 4.77. The number of ether oxygens (including phenoxy) is 1. The normalized spacial score (nSPS) is 23.5. The van der Waals surface area contributed by atoms with Crippen LogP contribution in [0.15, 0.2) is 0 Å². The first kappa shape index (κ1) is 12.2. The number of nitrogens with zero attached hydrogens (tertiary/aromatic N) is 1. The number of rotatable bonds is 2. The minimum atomic E-state index is -3.80. The first-order valence-corrected chi connectivity index (χ1v) is 6.01. The fraction of sp³-hybridized carbons (Fsp3) is 0.857. The number of carbonyl (C=O) groups excluding carboxylic acids is 1. The molecule has 1 amide bonds. The molecule has 0 bridgehead atoms. The van der Waals surface area contributed by atoms with Gasteiger partial charge in [0.15, 0.2) is 0 Å². The number of nitrogens with one attached hydrogen (secondary N) is 1. The predicted octanol–water partition coefficient (Wildman–Crippen LogP) is -0.990. The number of nitrogens with two attached hydrogens (primary N) is 1. The number of piperidine rings is 1. The molecule has 3 N–H and O–H groups in total. The minimum Gasteiger partial charge on any atom is -0.452 e. The lowest BCUT2D eigenvalue weighted by Gasteiger charge is -2.29. The molecule has 1 aliphatic heterocycles. The maximum atomic E-state index is 11.6. The molecule has 1 saturated heterocycles. The largest absolute Gasteiger partial charge is 0.452 e. The Hall–Kier alpha value is -0.860. The van der Waals surface area contributed by atoms with Crippen LogP contribution in [0, 0.1) is 0 Å². The molecule has 1 heterocycles. The molecule has 88 valence electrons. The zero-order chi connectivity index (χ0) is 11.5. The molecule has 1 fully saturated rings. The summed E-state index contributed by atoms with van der Waals surface area (Å²) in [6.07, 6.45) is 0.502. The number of amides is 1. The van der Waals surface area contributed by atoms with Crippen LogP contribution in [-0.2, 0) is 14.9 Å². The van der Waals surface area contributed by atoms with Crippen LogP contribution in [-0.4, -0.2) is 45.1 Å². The number of methoxy groups -OCH3 is 1. The smallest absolute Gasteiger partial charge is 0.421 e. The highest BCUT2D eigenvalue weighted by Crippen LogP contribution is 2.11. The monoisotopic (exact) mass is 237 g/mol. The van der Waals surface area contributed by atoms with E-state index in [1.165, 1.54) is 0 Å². The highest BCUT2D eigenvalue weighted by Gasteiger charge is 2.28. The fourth-order valence-electron chi connectivity index (χ4n) is 1.40. The third-order valence-corrected chi connectivity index (χ3v) is 3.59. The molecule has 8 heteroatoms. The van der Waals surface area contributed by atoms with Crippen molar-refractivity contribution in [1.29, 1.82) is 0 Å². The Morgan fingerprint density at radius 1 is 1.60 bits per heavy atom. The van der Waals surface area contributed by atoms with Crippen molar-refractivity contribution in [1.82, 2.24) is 9.03 Å². The minimum absolute atomic E-state index is 0.173. The Labute approximate surface area is 88.7 Å². The summed E-state index contributed by atoms with van der Waals surface area (Å²) >= 11 is 0. The molecule has 7 nitrogen and oxygen atoms in total. The van der Waals surface area contributed by atoms with E-state index in [1.54, 1.807) is 4.72 Å². The van der Waals surface area contributed by atoms with Gasteiger partial charge in [-0.15, -0.1) is 0 Å². The van der Waals surface area contributed by atoms with E-state index in [9.17, 15) is 13.2 Å². The van der Waals surface area contributed by atoms with Crippen molar-refractivity contribution in [3.63, 3.8) is 0 Å². The highest BCUT2D eigenvalue weighted by molar-refractivity contribution is 7.87. The van der Waals surface area contributed by atoms with Gasteiger partial charge in [0.1, 0.15) is 0 Å². The van der Waals surface area contributed by atoms with Gasteiger partial charge in [0.05, 0.1) is 7.11 Å². The Morgan fingerprint density at radius 2 is 2.27 bits per heavy atom. The van der Waals surface area contributed by atoms with Gasteiger partial charge in [0, 0.05) is 19.1 Å². The summed E-state index contributed by atoms with van der Waals surface area (Å²) in [5.74, 6) is 0. The van der Waals surface area contributed by atoms with E-state index in [0.717, 1.165) is 17.8 Å². The van der Waals surface area contributed by atoms with Crippen LogP contribution in [0.1, 0.15) is 12.8 Å². The second-order valence-corrected chi connectivity index (χ2v) is 5.03. The molecule has 15 heavy (non-hydrogen) atoms. The molecule has 0 saturated carbocycles. The topological polar surface area (TPSA) is 102 Å². The van der Waals surface area contributed by atoms with E-state index >= 15 is 0 Å². The van der Waals surface area contributed by atoms with Gasteiger partial charge in [0.25, 0.3) is 0 Å². The van der Waals surface area contributed by atoms with Crippen molar-refractivity contribution in [3.05, 3.63) is 0 Å². The summed E-state index contributed by atoms with van der Waals surface area (Å²) in [4.78, 5) is 10.8.